The van der Waals surface area contributed by atoms with Crippen LogP contribution in [0.1, 0.15) is 5.56 Å². The number of nitrogens with one attached hydrogen (secondary N) is 2. The van der Waals surface area contributed by atoms with Gasteiger partial charge in [-0.15, -0.1) is 0 Å². The maximum atomic E-state index is 9.92. The van der Waals surface area contributed by atoms with E-state index in [0.29, 0.717) is 25.1 Å². The lowest BCUT2D eigenvalue weighted by Gasteiger charge is -2.04. The molecule has 1 amide bonds. The predicted octanol–water partition coefficient (Wildman–Crippen LogP) is 0.716. The number of nitrogens with zero attached hydrogens (tertiary/aromatic N) is 1. The van der Waals surface area contributed by atoms with Crippen LogP contribution < -0.4 is 10.6 Å². The highest BCUT2D eigenvalue weighted by molar-refractivity contribution is 5.48. The molecule has 0 aliphatic rings. The summed E-state index contributed by atoms with van der Waals surface area (Å²) in [7, 11) is 0. The molecule has 0 saturated heterocycles. The number of amides is 1. The summed E-state index contributed by atoms with van der Waals surface area (Å²) in [6.45, 7) is 1.26. The zero-order valence-corrected chi connectivity index (χ0v) is 7.66. The third-order valence-electron chi connectivity index (χ3n) is 1.70. The van der Waals surface area contributed by atoms with Crippen LogP contribution in [0.2, 0.25) is 0 Å². The van der Waals surface area contributed by atoms with E-state index in [1.165, 1.54) is 0 Å². The van der Waals surface area contributed by atoms with Crippen molar-refractivity contribution in [1.29, 1.82) is 5.26 Å². The molecule has 0 fully saturated rings. The Balaban J connectivity index is 2.37. The van der Waals surface area contributed by atoms with Crippen LogP contribution in [0, 0.1) is 11.3 Å². The molecule has 1 aromatic rings. The van der Waals surface area contributed by atoms with Gasteiger partial charge in [0.1, 0.15) is 0 Å². The maximum Gasteiger partial charge on any atom is 0.207 e. The Morgan fingerprint density at radius 1 is 1.29 bits per heavy atom. The Labute approximate surface area is 82.5 Å². The van der Waals surface area contributed by atoms with E-state index < -0.39 is 0 Å². The molecule has 0 spiro atoms. The number of anilines is 1. The average molecular weight is 189 g/mol. The lowest BCUT2D eigenvalue weighted by molar-refractivity contribution is -0.109. The van der Waals surface area contributed by atoms with Gasteiger partial charge in [0.15, 0.2) is 0 Å². The summed E-state index contributed by atoms with van der Waals surface area (Å²) in [6.07, 6.45) is 0.667. The summed E-state index contributed by atoms with van der Waals surface area (Å²) in [5.41, 5.74) is 1.58. The normalized spacial score (nSPS) is 8.79. The van der Waals surface area contributed by atoms with Crippen molar-refractivity contribution in [2.75, 3.05) is 18.4 Å². The third-order valence-corrected chi connectivity index (χ3v) is 1.70. The zero-order chi connectivity index (χ0) is 10.2. The van der Waals surface area contributed by atoms with E-state index in [0.717, 1.165) is 5.69 Å². The first-order valence-electron chi connectivity index (χ1n) is 4.28. The largest absolute Gasteiger partial charge is 0.383 e. The fourth-order valence-corrected chi connectivity index (χ4v) is 1.00. The Kier molecular flexibility index (Phi) is 4.02. The number of nitriles is 1. The molecule has 1 aromatic carbocycles. The van der Waals surface area contributed by atoms with Crippen LogP contribution in [0.5, 0.6) is 0 Å². The minimum Gasteiger partial charge on any atom is -0.383 e. The summed E-state index contributed by atoms with van der Waals surface area (Å²) < 4.78 is 0. The van der Waals surface area contributed by atoms with Gasteiger partial charge in [0.05, 0.1) is 11.6 Å². The van der Waals surface area contributed by atoms with E-state index in [2.05, 4.69) is 10.6 Å². The summed E-state index contributed by atoms with van der Waals surface area (Å²) in [5, 5.41) is 14.2. The number of rotatable bonds is 5. The van der Waals surface area contributed by atoms with Crippen molar-refractivity contribution in [1.82, 2.24) is 5.32 Å². The molecular weight excluding hydrogens is 178 g/mol. The van der Waals surface area contributed by atoms with E-state index in [-0.39, 0.29) is 0 Å². The quantitative estimate of drug-likeness (QED) is 0.529. The van der Waals surface area contributed by atoms with E-state index in [1.54, 1.807) is 12.1 Å². The molecule has 14 heavy (non-hydrogen) atoms. The van der Waals surface area contributed by atoms with Gasteiger partial charge in [0.25, 0.3) is 0 Å². The van der Waals surface area contributed by atoms with Crippen molar-refractivity contribution in [3.63, 3.8) is 0 Å². The topological polar surface area (TPSA) is 64.9 Å². The molecule has 2 N–H and O–H groups in total. The number of carbonyl (C=O) groups excluding carboxylic acids is 1. The van der Waals surface area contributed by atoms with E-state index >= 15 is 0 Å². The van der Waals surface area contributed by atoms with E-state index in [4.69, 9.17) is 5.26 Å². The number of benzene rings is 1. The van der Waals surface area contributed by atoms with Crippen molar-refractivity contribution >= 4 is 12.1 Å². The fourth-order valence-electron chi connectivity index (χ4n) is 1.00. The van der Waals surface area contributed by atoms with E-state index in [9.17, 15) is 4.79 Å². The predicted molar refractivity (Wildman–Crippen MR) is 53.7 cm³/mol. The van der Waals surface area contributed by atoms with Crippen molar-refractivity contribution in [2.24, 2.45) is 0 Å². The first kappa shape index (κ1) is 10.1. The second-order valence-corrected chi connectivity index (χ2v) is 2.69. The standard InChI is InChI=1S/C10H11N3O/c11-7-9-1-3-10(4-2-9)13-6-5-12-8-14/h1-4,8,13H,5-6H2,(H,12,14). The van der Waals surface area contributed by atoms with Gasteiger partial charge in [-0.2, -0.15) is 5.26 Å². The molecule has 72 valence electrons. The second-order valence-electron chi connectivity index (χ2n) is 2.69. The van der Waals surface area contributed by atoms with Gasteiger partial charge in [-0.1, -0.05) is 0 Å². The van der Waals surface area contributed by atoms with Gasteiger partial charge in [0.2, 0.25) is 6.41 Å². The van der Waals surface area contributed by atoms with Crippen LogP contribution >= 0.6 is 0 Å². The first-order valence-corrected chi connectivity index (χ1v) is 4.28. The molecule has 0 aliphatic carbocycles. The molecule has 1 rings (SSSR count). The van der Waals surface area contributed by atoms with Gasteiger partial charge < -0.3 is 10.6 Å². The molecule has 0 unspecified atom stereocenters. The molecule has 0 aliphatic heterocycles. The smallest absolute Gasteiger partial charge is 0.207 e. The molecule has 0 atom stereocenters. The van der Waals surface area contributed by atoms with Gasteiger partial charge in [-0.3, -0.25) is 4.79 Å². The summed E-state index contributed by atoms with van der Waals surface area (Å²) in [4.78, 5) is 9.92. The minimum atomic E-state index is 0.587. The van der Waals surface area contributed by atoms with Crippen LogP contribution in [0.4, 0.5) is 5.69 Å². The van der Waals surface area contributed by atoms with Crippen molar-refractivity contribution in [3.05, 3.63) is 29.8 Å². The molecular formula is C10H11N3O. The van der Waals surface area contributed by atoms with Crippen LogP contribution in [0.3, 0.4) is 0 Å². The van der Waals surface area contributed by atoms with Crippen LogP contribution in [0.25, 0.3) is 0 Å². The minimum absolute atomic E-state index is 0.587. The monoisotopic (exact) mass is 189 g/mol. The molecule has 4 heteroatoms. The highest BCUT2D eigenvalue weighted by Crippen LogP contribution is 2.07. The molecule has 0 heterocycles. The Morgan fingerprint density at radius 2 is 2.00 bits per heavy atom. The van der Waals surface area contributed by atoms with Gasteiger partial charge in [0, 0.05) is 18.8 Å². The van der Waals surface area contributed by atoms with Crippen molar-refractivity contribution in [3.8, 4) is 6.07 Å². The van der Waals surface area contributed by atoms with Crippen LogP contribution in [0.15, 0.2) is 24.3 Å². The number of hydrogen-bond donors (Lipinski definition) is 2. The summed E-state index contributed by atoms with van der Waals surface area (Å²) >= 11 is 0. The van der Waals surface area contributed by atoms with Crippen molar-refractivity contribution < 1.29 is 4.79 Å². The van der Waals surface area contributed by atoms with Gasteiger partial charge in [-0.05, 0) is 24.3 Å². The number of carbonyl (C=O) groups is 1. The molecule has 4 nitrogen and oxygen atoms in total. The summed E-state index contributed by atoms with van der Waals surface area (Å²) in [5.74, 6) is 0. The number of hydrogen-bond acceptors (Lipinski definition) is 3. The first-order chi connectivity index (χ1) is 6.86. The Morgan fingerprint density at radius 3 is 2.57 bits per heavy atom. The maximum absolute atomic E-state index is 9.92. The van der Waals surface area contributed by atoms with Gasteiger partial charge >= 0.3 is 0 Å². The molecule has 0 aromatic heterocycles. The highest BCUT2D eigenvalue weighted by Gasteiger charge is 1.91. The average Bonchev–Trinajstić information content (AvgIpc) is 2.25. The lowest BCUT2D eigenvalue weighted by Crippen LogP contribution is -2.20. The van der Waals surface area contributed by atoms with Crippen molar-refractivity contribution in [2.45, 2.75) is 0 Å². The van der Waals surface area contributed by atoms with E-state index in [1.807, 2.05) is 18.2 Å². The Hall–Kier alpha value is -2.02. The third kappa shape index (κ3) is 3.15. The molecule has 0 radical (unpaired) electrons. The highest BCUT2D eigenvalue weighted by atomic mass is 16.1. The SMILES string of the molecule is N#Cc1ccc(NCCNC=O)cc1. The zero-order valence-electron chi connectivity index (χ0n) is 7.66. The second kappa shape index (κ2) is 5.60. The Bertz CT molecular complexity index is 326. The molecule has 0 bridgehead atoms. The summed E-state index contributed by atoms with van der Waals surface area (Å²) in [6, 6.07) is 9.20. The van der Waals surface area contributed by atoms with Gasteiger partial charge in [-0.25, -0.2) is 0 Å². The van der Waals surface area contributed by atoms with Crippen LogP contribution in [-0.2, 0) is 4.79 Å². The fraction of sp³-hybridized carbons (Fsp3) is 0.200. The molecule has 0 saturated carbocycles. The van der Waals surface area contributed by atoms with Crippen LogP contribution in [-0.4, -0.2) is 19.5 Å². The lowest BCUT2D eigenvalue weighted by atomic mass is 10.2.